The van der Waals surface area contributed by atoms with E-state index < -0.39 is 23.8 Å². The van der Waals surface area contributed by atoms with Crippen LogP contribution in [0.15, 0.2) is 23.4 Å². The molecule has 2 rings (SSSR count). The average molecular weight is 266 g/mol. The molecule has 0 saturated heterocycles. The predicted molar refractivity (Wildman–Crippen MR) is 64.3 cm³/mol. The number of anilines is 1. The number of amides is 1. The van der Waals surface area contributed by atoms with Gasteiger partial charge in [0.1, 0.15) is 5.82 Å². The lowest BCUT2D eigenvalue weighted by Gasteiger charge is -2.10. The third kappa shape index (κ3) is 3.06. The Kier molecular flexibility index (Phi) is 3.46. The normalized spacial score (nSPS) is 17.6. The van der Waals surface area contributed by atoms with Crippen molar-refractivity contribution in [2.24, 2.45) is 5.16 Å². The molecular weight excluding hydrogens is 255 g/mol. The second kappa shape index (κ2) is 5.05. The van der Waals surface area contributed by atoms with Crippen molar-refractivity contribution in [3.05, 3.63) is 29.6 Å². The first-order valence-corrected chi connectivity index (χ1v) is 5.50. The summed E-state index contributed by atoms with van der Waals surface area (Å²) in [4.78, 5) is 27.1. The smallest absolute Gasteiger partial charge is 0.353 e. The van der Waals surface area contributed by atoms with Crippen LogP contribution in [0, 0.1) is 12.7 Å². The maximum absolute atomic E-state index is 13.1. The van der Waals surface area contributed by atoms with E-state index in [4.69, 9.17) is 9.94 Å². The number of hydrogen-bond donors (Lipinski definition) is 2. The largest absolute Gasteiger partial charge is 0.477 e. The molecule has 0 fully saturated rings. The minimum Gasteiger partial charge on any atom is -0.477 e. The van der Waals surface area contributed by atoms with E-state index in [1.807, 2.05) is 0 Å². The van der Waals surface area contributed by atoms with E-state index in [1.54, 1.807) is 13.0 Å². The molecule has 1 aliphatic rings. The number of hydrogen-bond acceptors (Lipinski definition) is 4. The van der Waals surface area contributed by atoms with E-state index in [9.17, 15) is 14.0 Å². The molecule has 1 amide bonds. The lowest BCUT2D eigenvalue weighted by atomic mass is 10.1. The van der Waals surface area contributed by atoms with Crippen molar-refractivity contribution in [3.8, 4) is 0 Å². The zero-order chi connectivity index (χ0) is 14.0. The zero-order valence-electron chi connectivity index (χ0n) is 10.0. The molecule has 0 aromatic heterocycles. The zero-order valence-corrected chi connectivity index (χ0v) is 10.0. The summed E-state index contributed by atoms with van der Waals surface area (Å²) in [6, 6.07) is 4.08. The topological polar surface area (TPSA) is 88.0 Å². The fourth-order valence-corrected chi connectivity index (χ4v) is 1.68. The van der Waals surface area contributed by atoms with E-state index in [-0.39, 0.29) is 17.8 Å². The van der Waals surface area contributed by atoms with Crippen molar-refractivity contribution in [1.82, 2.24) is 0 Å². The fraction of sp³-hybridized carbons (Fsp3) is 0.250. The van der Waals surface area contributed by atoms with Gasteiger partial charge in [0.15, 0.2) is 5.71 Å². The van der Waals surface area contributed by atoms with Crippen LogP contribution in [0.4, 0.5) is 10.1 Å². The van der Waals surface area contributed by atoms with Crippen molar-refractivity contribution in [1.29, 1.82) is 0 Å². The monoisotopic (exact) mass is 266 g/mol. The number of carboxylic acid groups (broad SMARTS) is 1. The van der Waals surface area contributed by atoms with Gasteiger partial charge in [-0.2, -0.15) is 0 Å². The Labute approximate surface area is 107 Å². The van der Waals surface area contributed by atoms with Crippen LogP contribution in [0.25, 0.3) is 0 Å². The molecule has 2 N–H and O–H groups in total. The molecule has 19 heavy (non-hydrogen) atoms. The maximum Gasteiger partial charge on any atom is 0.353 e. The van der Waals surface area contributed by atoms with Gasteiger partial charge in [-0.05, 0) is 30.7 Å². The number of oxime groups is 1. The second-order valence-corrected chi connectivity index (χ2v) is 4.15. The Morgan fingerprint density at radius 2 is 2.21 bits per heavy atom. The summed E-state index contributed by atoms with van der Waals surface area (Å²) in [5.74, 6) is -2.26. The van der Waals surface area contributed by atoms with Gasteiger partial charge in [-0.3, -0.25) is 4.79 Å². The molecule has 0 spiro atoms. The van der Waals surface area contributed by atoms with Crippen LogP contribution >= 0.6 is 0 Å². The number of nitrogens with zero attached hydrogens (tertiary/aromatic N) is 1. The number of aryl methyl sites for hydroxylation is 1. The minimum atomic E-state index is -1.23. The SMILES string of the molecule is Cc1cc(F)cc(NC(=O)C2CC(C(=O)O)=NO2)c1. The van der Waals surface area contributed by atoms with Gasteiger partial charge in [-0.1, -0.05) is 5.16 Å². The van der Waals surface area contributed by atoms with Crippen molar-refractivity contribution >= 4 is 23.3 Å². The number of benzene rings is 1. The number of nitrogens with one attached hydrogen (secondary N) is 1. The van der Waals surface area contributed by atoms with Crippen LogP contribution in [-0.4, -0.2) is 28.8 Å². The summed E-state index contributed by atoms with van der Waals surface area (Å²) in [6.45, 7) is 1.69. The van der Waals surface area contributed by atoms with Crippen LogP contribution in [0.5, 0.6) is 0 Å². The number of aliphatic carboxylic acids is 1. The Balaban J connectivity index is 2.01. The van der Waals surface area contributed by atoms with Crippen molar-refractivity contribution in [2.75, 3.05) is 5.32 Å². The molecule has 1 aromatic rings. The van der Waals surface area contributed by atoms with Crippen LogP contribution in [0.1, 0.15) is 12.0 Å². The lowest BCUT2D eigenvalue weighted by molar-refractivity contribution is -0.129. The summed E-state index contributed by atoms with van der Waals surface area (Å²) < 4.78 is 13.1. The van der Waals surface area contributed by atoms with E-state index in [0.717, 1.165) is 0 Å². The quantitative estimate of drug-likeness (QED) is 0.863. The van der Waals surface area contributed by atoms with Gasteiger partial charge in [0.05, 0.1) is 0 Å². The highest BCUT2D eigenvalue weighted by Crippen LogP contribution is 2.16. The molecule has 0 radical (unpaired) electrons. The Morgan fingerprint density at radius 3 is 2.79 bits per heavy atom. The molecule has 1 heterocycles. The molecule has 0 saturated carbocycles. The van der Waals surface area contributed by atoms with Gasteiger partial charge in [0, 0.05) is 12.1 Å². The Bertz CT molecular complexity index is 551. The first-order valence-electron chi connectivity index (χ1n) is 5.50. The Morgan fingerprint density at radius 1 is 1.47 bits per heavy atom. The van der Waals surface area contributed by atoms with Gasteiger partial charge in [0.2, 0.25) is 6.10 Å². The molecule has 7 heteroatoms. The van der Waals surface area contributed by atoms with Gasteiger partial charge >= 0.3 is 5.97 Å². The number of carbonyl (C=O) groups is 2. The molecular formula is C12H11FN2O4. The molecule has 1 atom stereocenters. The molecule has 0 aliphatic carbocycles. The minimum absolute atomic E-state index is 0.116. The van der Waals surface area contributed by atoms with Gasteiger partial charge < -0.3 is 15.3 Å². The molecule has 1 aromatic carbocycles. The van der Waals surface area contributed by atoms with Gasteiger partial charge in [0.25, 0.3) is 5.91 Å². The predicted octanol–water partition coefficient (Wildman–Crippen LogP) is 1.30. The fourth-order valence-electron chi connectivity index (χ4n) is 1.68. The van der Waals surface area contributed by atoms with Crippen molar-refractivity contribution in [3.63, 3.8) is 0 Å². The number of halogens is 1. The average Bonchev–Trinajstić information content (AvgIpc) is 2.76. The van der Waals surface area contributed by atoms with Crippen LogP contribution in [-0.2, 0) is 14.4 Å². The highest BCUT2D eigenvalue weighted by Gasteiger charge is 2.31. The van der Waals surface area contributed by atoms with E-state index in [0.29, 0.717) is 5.56 Å². The first kappa shape index (κ1) is 13.0. The summed E-state index contributed by atoms with van der Waals surface area (Å²) >= 11 is 0. The number of rotatable bonds is 3. The standard InChI is InChI=1S/C12H11FN2O4/c1-6-2-7(13)4-8(3-6)14-11(16)10-5-9(12(17)18)15-19-10/h2-4,10H,5H2,1H3,(H,14,16)(H,17,18). The highest BCUT2D eigenvalue weighted by atomic mass is 19.1. The third-order valence-corrected chi connectivity index (χ3v) is 2.52. The molecule has 1 unspecified atom stereocenters. The van der Waals surface area contributed by atoms with Gasteiger partial charge in [-0.25, -0.2) is 9.18 Å². The van der Waals surface area contributed by atoms with Gasteiger partial charge in [-0.15, -0.1) is 0 Å². The van der Waals surface area contributed by atoms with E-state index in [1.165, 1.54) is 12.1 Å². The molecule has 1 aliphatic heterocycles. The summed E-state index contributed by atoms with van der Waals surface area (Å²) in [5, 5.41) is 14.4. The van der Waals surface area contributed by atoms with Crippen molar-refractivity contribution < 1.29 is 23.9 Å². The lowest BCUT2D eigenvalue weighted by Crippen LogP contribution is -2.29. The maximum atomic E-state index is 13.1. The van der Waals surface area contributed by atoms with E-state index >= 15 is 0 Å². The number of carboxylic acids is 1. The second-order valence-electron chi connectivity index (χ2n) is 4.15. The van der Waals surface area contributed by atoms with Crippen LogP contribution < -0.4 is 5.32 Å². The molecule has 100 valence electrons. The Hall–Kier alpha value is -2.44. The first-order chi connectivity index (χ1) is 8.95. The van der Waals surface area contributed by atoms with Crippen LogP contribution in [0.2, 0.25) is 0 Å². The van der Waals surface area contributed by atoms with Crippen molar-refractivity contribution in [2.45, 2.75) is 19.4 Å². The summed E-state index contributed by atoms with van der Waals surface area (Å²) in [6.07, 6.45) is -1.12. The van der Waals surface area contributed by atoms with Crippen LogP contribution in [0.3, 0.4) is 0 Å². The summed E-state index contributed by atoms with van der Waals surface area (Å²) in [5.41, 5.74) is 0.732. The third-order valence-electron chi connectivity index (χ3n) is 2.52. The highest BCUT2D eigenvalue weighted by molar-refractivity contribution is 6.36. The molecule has 6 nitrogen and oxygen atoms in total. The number of carbonyl (C=O) groups excluding carboxylic acids is 1. The molecule has 0 bridgehead atoms. The van der Waals surface area contributed by atoms with E-state index in [2.05, 4.69) is 10.5 Å². The summed E-state index contributed by atoms with van der Waals surface area (Å²) in [7, 11) is 0.